The number of hydrogen-bond donors (Lipinski definition) is 1. The molecule has 1 fully saturated rings. The molecule has 1 aliphatic rings. The molecular weight excluding hydrogens is 314 g/mol. The third kappa shape index (κ3) is 4.45. The number of carbonyl (C=O) groups excluding carboxylic acids is 2. The lowest BCUT2D eigenvalue weighted by Gasteiger charge is -2.38. The fraction of sp³-hybridized carbons (Fsp3) is 0.529. The molecule has 6 heteroatoms. The first-order chi connectivity index (χ1) is 10.4. The molecule has 1 aromatic carbocycles. The lowest BCUT2D eigenvalue weighted by atomic mass is 9.91. The van der Waals surface area contributed by atoms with Crippen LogP contribution in [0.3, 0.4) is 0 Å². The summed E-state index contributed by atoms with van der Waals surface area (Å²) in [4.78, 5) is 28.2. The second kappa shape index (κ2) is 8.31. The van der Waals surface area contributed by atoms with Crippen molar-refractivity contribution in [1.29, 1.82) is 0 Å². The van der Waals surface area contributed by atoms with Gasteiger partial charge in [0.05, 0.1) is 0 Å². The van der Waals surface area contributed by atoms with Crippen molar-refractivity contribution in [1.82, 2.24) is 9.80 Å². The van der Waals surface area contributed by atoms with E-state index in [1.165, 1.54) is 4.90 Å². The molecule has 1 aliphatic heterocycles. The number of piperidine rings is 1. The van der Waals surface area contributed by atoms with E-state index < -0.39 is 0 Å². The van der Waals surface area contributed by atoms with Crippen LogP contribution in [0.5, 0.6) is 0 Å². The molecule has 1 saturated heterocycles. The van der Waals surface area contributed by atoms with Gasteiger partial charge in [-0.05, 0) is 37.0 Å². The minimum absolute atomic E-state index is 0. The molecule has 2 atom stereocenters. The Morgan fingerprint density at radius 2 is 1.96 bits per heavy atom. The molecular formula is C17H26ClN3O2. The highest BCUT2D eigenvalue weighted by atomic mass is 35.5. The van der Waals surface area contributed by atoms with Crippen molar-refractivity contribution in [3.05, 3.63) is 35.4 Å². The van der Waals surface area contributed by atoms with E-state index in [-0.39, 0.29) is 30.3 Å². The van der Waals surface area contributed by atoms with Crippen LogP contribution in [0, 0.1) is 5.92 Å². The monoisotopic (exact) mass is 339 g/mol. The Morgan fingerprint density at radius 3 is 2.57 bits per heavy atom. The Morgan fingerprint density at radius 1 is 1.30 bits per heavy atom. The first kappa shape index (κ1) is 19.5. The zero-order valence-corrected chi connectivity index (χ0v) is 14.8. The summed E-state index contributed by atoms with van der Waals surface area (Å²) in [5, 5.41) is 0. The summed E-state index contributed by atoms with van der Waals surface area (Å²) in [5.74, 6) is 0.465. The molecule has 0 spiro atoms. The summed E-state index contributed by atoms with van der Waals surface area (Å²) in [6.07, 6.45) is 1.94. The largest absolute Gasteiger partial charge is 0.345 e. The van der Waals surface area contributed by atoms with Crippen molar-refractivity contribution in [2.75, 3.05) is 27.2 Å². The van der Waals surface area contributed by atoms with Crippen LogP contribution in [-0.4, -0.2) is 54.8 Å². The third-order valence-electron chi connectivity index (χ3n) is 4.27. The van der Waals surface area contributed by atoms with Gasteiger partial charge in [-0.3, -0.25) is 9.59 Å². The van der Waals surface area contributed by atoms with Crippen molar-refractivity contribution in [2.45, 2.75) is 25.8 Å². The highest BCUT2D eigenvalue weighted by Gasteiger charge is 2.29. The number of rotatable bonds is 3. The van der Waals surface area contributed by atoms with Crippen LogP contribution in [0.15, 0.2) is 24.3 Å². The Bertz CT molecular complexity index is 563. The topological polar surface area (TPSA) is 66.6 Å². The van der Waals surface area contributed by atoms with E-state index in [1.807, 2.05) is 4.90 Å². The predicted molar refractivity (Wildman–Crippen MR) is 94.0 cm³/mol. The molecule has 1 aromatic rings. The molecule has 1 heterocycles. The van der Waals surface area contributed by atoms with Crippen LogP contribution in [0.25, 0.3) is 0 Å². The highest BCUT2D eigenvalue weighted by Crippen LogP contribution is 2.24. The minimum Gasteiger partial charge on any atom is -0.345 e. The average Bonchev–Trinajstić information content (AvgIpc) is 2.53. The van der Waals surface area contributed by atoms with Gasteiger partial charge in [-0.25, -0.2) is 0 Å². The van der Waals surface area contributed by atoms with Crippen molar-refractivity contribution < 1.29 is 9.59 Å². The van der Waals surface area contributed by atoms with Crippen LogP contribution in [0.1, 0.15) is 40.5 Å². The summed E-state index contributed by atoms with van der Waals surface area (Å²) in [6.45, 7) is 3.40. The first-order valence-corrected chi connectivity index (χ1v) is 7.76. The maximum atomic E-state index is 12.8. The fourth-order valence-corrected chi connectivity index (χ4v) is 2.95. The van der Waals surface area contributed by atoms with Crippen molar-refractivity contribution in [3.63, 3.8) is 0 Å². The molecule has 23 heavy (non-hydrogen) atoms. The number of hydrogen-bond acceptors (Lipinski definition) is 3. The van der Waals surface area contributed by atoms with Crippen LogP contribution in [-0.2, 0) is 0 Å². The molecule has 2 amide bonds. The number of halogens is 1. The van der Waals surface area contributed by atoms with Gasteiger partial charge in [-0.2, -0.15) is 0 Å². The van der Waals surface area contributed by atoms with Gasteiger partial charge in [0.1, 0.15) is 0 Å². The number of benzene rings is 1. The van der Waals surface area contributed by atoms with E-state index in [0.29, 0.717) is 23.6 Å². The molecule has 0 radical (unpaired) electrons. The smallest absolute Gasteiger partial charge is 0.254 e. The molecule has 0 aliphatic carbocycles. The average molecular weight is 340 g/mol. The summed E-state index contributed by atoms with van der Waals surface area (Å²) in [6, 6.07) is 7.02. The normalized spacial score (nSPS) is 20.6. The Hall–Kier alpha value is -1.59. The van der Waals surface area contributed by atoms with Crippen molar-refractivity contribution >= 4 is 24.2 Å². The molecule has 0 saturated carbocycles. The van der Waals surface area contributed by atoms with E-state index in [4.69, 9.17) is 5.73 Å². The van der Waals surface area contributed by atoms with Gasteiger partial charge < -0.3 is 15.5 Å². The van der Waals surface area contributed by atoms with Crippen LogP contribution >= 0.6 is 12.4 Å². The van der Waals surface area contributed by atoms with Gasteiger partial charge in [0, 0.05) is 44.4 Å². The number of likely N-dealkylation sites (tertiary alicyclic amines) is 1. The molecule has 0 aromatic heterocycles. The number of amides is 2. The highest BCUT2D eigenvalue weighted by molar-refractivity contribution is 5.99. The fourth-order valence-electron chi connectivity index (χ4n) is 2.95. The lowest BCUT2D eigenvalue weighted by molar-refractivity contribution is 0.0573. The summed E-state index contributed by atoms with van der Waals surface area (Å²) in [7, 11) is 3.40. The Balaban J connectivity index is 0.00000264. The number of carbonyl (C=O) groups is 2. The van der Waals surface area contributed by atoms with Gasteiger partial charge in [0.25, 0.3) is 11.8 Å². The minimum atomic E-state index is -0.0997. The van der Waals surface area contributed by atoms with E-state index in [1.54, 1.807) is 38.4 Å². The molecule has 5 nitrogen and oxygen atoms in total. The van der Waals surface area contributed by atoms with Crippen molar-refractivity contribution in [3.8, 4) is 0 Å². The zero-order chi connectivity index (χ0) is 16.3. The molecule has 2 unspecified atom stereocenters. The van der Waals surface area contributed by atoms with Crippen LogP contribution in [0.4, 0.5) is 0 Å². The van der Waals surface area contributed by atoms with E-state index in [0.717, 1.165) is 19.4 Å². The van der Waals surface area contributed by atoms with E-state index in [2.05, 4.69) is 6.92 Å². The lowest BCUT2D eigenvalue weighted by Crippen LogP contribution is -2.49. The zero-order valence-electron chi connectivity index (χ0n) is 14.0. The second-order valence-corrected chi connectivity index (χ2v) is 6.30. The standard InChI is InChI=1S/C17H25N3O2.ClH/c1-12-7-8-20(15(9-12)11-18)17(22)14-6-4-5-13(10-14)16(21)19(2)3;/h4-6,10,12,15H,7-9,11,18H2,1-3H3;1H. The van der Waals surface area contributed by atoms with Gasteiger partial charge in [0.2, 0.25) is 0 Å². The van der Waals surface area contributed by atoms with E-state index in [9.17, 15) is 9.59 Å². The maximum absolute atomic E-state index is 12.8. The molecule has 2 N–H and O–H groups in total. The quantitative estimate of drug-likeness (QED) is 0.916. The van der Waals surface area contributed by atoms with Gasteiger partial charge in [-0.1, -0.05) is 13.0 Å². The van der Waals surface area contributed by atoms with E-state index >= 15 is 0 Å². The summed E-state index contributed by atoms with van der Waals surface area (Å²) < 4.78 is 0. The third-order valence-corrected chi connectivity index (χ3v) is 4.27. The number of nitrogens with zero attached hydrogens (tertiary/aromatic N) is 2. The van der Waals surface area contributed by atoms with Crippen molar-refractivity contribution in [2.24, 2.45) is 11.7 Å². The SMILES string of the molecule is CC1CCN(C(=O)c2cccc(C(=O)N(C)C)c2)C(CN)C1.Cl. The van der Waals surface area contributed by atoms with Gasteiger partial charge in [-0.15, -0.1) is 12.4 Å². The Labute approximate surface area is 144 Å². The molecule has 0 bridgehead atoms. The van der Waals surface area contributed by atoms with Gasteiger partial charge in [0.15, 0.2) is 0 Å². The number of nitrogens with two attached hydrogens (primary N) is 1. The first-order valence-electron chi connectivity index (χ1n) is 7.76. The Kier molecular flexibility index (Phi) is 7.03. The maximum Gasteiger partial charge on any atom is 0.254 e. The molecule has 128 valence electrons. The van der Waals surface area contributed by atoms with Crippen LogP contribution in [0.2, 0.25) is 0 Å². The summed E-state index contributed by atoms with van der Waals surface area (Å²) >= 11 is 0. The van der Waals surface area contributed by atoms with Gasteiger partial charge >= 0.3 is 0 Å². The second-order valence-electron chi connectivity index (χ2n) is 6.30. The van der Waals surface area contributed by atoms with Crippen LogP contribution < -0.4 is 5.73 Å². The summed E-state index contributed by atoms with van der Waals surface area (Å²) in [5.41, 5.74) is 6.92. The molecule has 2 rings (SSSR count). The predicted octanol–water partition coefficient (Wildman–Crippen LogP) is 2.01.